The van der Waals surface area contributed by atoms with Crippen molar-refractivity contribution >= 4 is 45.8 Å². The molecule has 0 unspecified atom stereocenters. The first-order valence-electron chi connectivity index (χ1n) is 10.2. The summed E-state index contributed by atoms with van der Waals surface area (Å²) in [5.41, 5.74) is 8.83. The molecule has 33 heavy (non-hydrogen) atoms. The average Bonchev–Trinajstić information content (AvgIpc) is 3.23. The van der Waals surface area contributed by atoms with Crippen molar-refractivity contribution in [1.82, 2.24) is 29.6 Å². The van der Waals surface area contributed by atoms with Gasteiger partial charge in [0.05, 0.1) is 47.8 Å². The van der Waals surface area contributed by atoms with Crippen molar-refractivity contribution < 1.29 is 9.53 Å². The number of amides is 1. The highest BCUT2D eigenvalue weighted by molar-refractivity contribution is 6.45. The number of carbonyl (C=O) groups excluding carboxylic acids is 1. The van der Waals surface area contributed by atoms with E-state index in [1.165, 1.54) is 19.5 Å². The number of pyridine rings is 1. The minimum Gasteiger partial charge on any atom is -0.494 e. The quantitative estimate of drug-likeness (QED) is 0.468. The monoisotopic (exact) mass is 483 g/mol. The molecule has 1 aliphatic rings. The molecule has 1 atom stereocenters. The molecule has 1 amide bonds. The molecular formula is C22H19Cl2N7O2. The van der Waals surface area contributed by atoms with E-state index in [9.17, 15) is 4.79 Å². The van der Waals surface area contributed by atoms with E-state index in [2.05, 4.69) is 15.0 Å². The van der Waals surface area contributed by atoms with E-state index in [-0.39, 0.29) is 17.8 Å². The number of aromatic nitrogens is 5. The third-order valence-electron chi connectivity index (χ3n) is 5.78. The number of halogens is 2. The van der Waals surface area contributed by atoms with Crippen molar-refractivity contribution in [3.63, 3.8) is 0 Å². The number of carbonyl (C=O) groups is 1. The zero-order valence-corrected chi connectivity index (χ0v) is 19.3. The maximum atomic E-state index is 13.3. The van der Waals surface area contributed by atoms with Crippen molar-refractivity contribution in [2.24, 2.45) is 0 Å². The molecule has 4 heterocycles. The van der Waals surface area contributed by atoms with E-state index < -0.39 is 0 Å². The second-order valence-electron chi connectivity index (χ2n) is 7.64. The predicted octanol–water partition coefficient (Wildman–Crippen LogP) is 4.00. The lowest BCUT2D eigenvalue weighted by Crippen LogP contribution is -2.41. The molecule has 0 fully saturated rings. The van der Waals surface area contributed by atoms with E-state index in [0.717, 1.165) is 22.2 Å². The molecule has 0 saturated heterocycles. The van der Waals surface area contributed by atoms with Crippen LogP contribution in [-0.4, -0.2) is 49.2 Å². The number of methoxy groups -OCH3 is 1. The van der Waals surface area contributed by atoms with Gasteiger partial charge in [-0.1, -0.05) is 23.2 Å². The zero-order chi connectivity index (χ0) is 23.3. The largest absolute Gasteiger partial charge is 0.494 e. The molecule has 4 aromatic rings. The topological polar surface area (TPSA) is 112 Å². The van der Waals surface area contributed by atoms with Gasteiger partial charge in [0.15, 0.2) is 5.75 Å². The van der Waals surface area contributed by atoms with Gasteiger partial charge in [-0.25, -0.2) is 15.0 Å². The van der Waals surface area contributed by atoms with Gasteiger partial charge in [0.1, 0.15) is 11.3 Å². The van der Waals surface area contributed by atoms with Gasteiger partial charge in [0.2, 0.25) is 5.82 Å². The van der Waals surface area contributed by atoms with Crippen LogP contribution in [0.3, 0.4) is 0 Å². The molecular weight excluding hydrogens is 465 g/mol. The fourth-order valence-electron chi connectivity index (χ4n) is 4.14. The Morgan fingerprint density at radius 2 is 1.91 bits per heavy atom. The molecule has 9 nitrogen and oxygen atoms in total. The highest BCUT2D eigenvalue weighted by atomic mass is 35.5. The Balaban J connectivity index is 1.64. The smallest absolute Gasteiger partial charge is 0.292 e. The second kappa shape index (κ2) is 8.17. The van der Waals surface area contributed by atoms with Gasteiger partial charge < -0.3 is 15.4 Å². The average molecular weight is 484 g/mol. The Morgan fingerprint density at radius 1 is 1.15 bits per heavy atom. The van der Waals surface area contributed by atoms with Crippen LogP contribution < -0.4 is 10.5 Å². The summed E-state index contributed by atoms with van der Waals surface area (Å²) in [6.07, 6.45) is 4.63. The lowest BCUT2D eigenvalue weighted by atomic mass is 9.97. The number of nitrogens with two attached hydrogens (primary N) is 1. The molecule has 168 valence electrons. The summed E-state index contributed by atoms with van der Waals surface area (Å²) in [6.45, 7) is 2.88. The van der Waals surface area contributed by atoms with Crippen molar-refractivity contribution in [1.29, 1.82) is 0 Å². The molecule has 11 heteroatoms. The fourth-order valence-corrected chi connectivity index (χ4v) is 4.52. The van der Waals surface area contributed by atoms with Crippen LogP contribution in [-0.2, 0) is 6.54 Å². The number of benzene rings is 1. The number of hydrogen-bond donors (Lipinski definition) is 1. The van der Waals surface area contributed by atoms with Crippen LogP contribution in [0.2, 0.25) is 10.0 Å². The second-order valence-corrected chi connectivity index (χ2v) is 8.43. The van der Waals surface area contributed by atoms with Gasteiger partial charge in [-0.2, -0.15) is 5.10 Å². The molecule has 0 radical (unpaired) electrons. The Hall–Kier alpha value is -3.43. The molecule has 0 bridgehead atoms. The summed E-state index contributed by atoms with van der Waals surface area (Å²) >= 11 is 13.0. The molecule has 1 aliphatic heterocycles. The SMILES string of the molecule is COc1cnc(C(=O)N2CCn3nc4c(Cl)c(Cl)cc(-c5ccc(N)nc5)c4c3[C@@H]2C)nc1. The molecule has 3 aromatic heterocycles. The molecule has 0 saturated carbocycles. The Bertz CT molecular complexity index is 1370. The van der Waals surface area contributed by atoms with Crippen LogP contribution in [0.25, 0.3) is 22.0 Å². The molecule has 5 rings (SSSR count). The van der Waals surface area contributed by atoms with E-state index in [4.69, 9.17) is 38.8 Å². The predicted molar refractivity (Wildman–Crippen MR) is 125 cm³/mol. The Morgan fingerprint density at radius 3 is 2.58 bits per heavy atom. The van der Waals surface area contributed by atoms with Gasteiger partial charge in [-0.05, 0) is 30.7 Å². The first-order valence-corrected chi connectivity index (χ1v) is 10.9. The van der Waals surface area contributed by atoms with Gasteiger partial charge in [0.25, 0.3) is 5.91 Å². The summed E-state index contributed by atoms with van der Waals surface area (Å²) in [5.74, 6) is 0.720. The summed E-state index contributed by atoms with van der Waals surface area (Å²) in [4.78, 5) is 27.5. The third-order valence-corrected chi connectivity index (χ3v) is 6.56. The zero-order valence-electron chi connectivity index (χ0n) is 17.8. The van der Waals surface area contributed by atoms with Crippen molar-refractivity contribution in [3.8, 4) is 16.9 Å². The number of nitrogens with zero attached hydrogens (tertiary/aromatic N) is 6. The molecule has 2 N–H and O–H groups in total. The van der Waals surface area contributed by atoms with Crippen LogP contribution >= 0.6 is 23.2 Å². The van der Waals surface area contributed by atoms with E-state index in [1.54, 1.807) is 23.2 Å². The van der Waals surface area contributed by atoms with Crippen molar-refractivity contribution in [2.45, 2.75) is 19.5 Å². The van der Waals surface area contributed by atoms with E-state index in [0.29, 0.717) is 40.2 Å². The summed E-state index contributed by atoms with van der Waals surface area (Å²) in [5, 5.41) is 6.30. The Labute approximate surface area is 199 Å². The van der Waals surface area contributed by atoms with Crippen molar-refractivity contribution in [3.05, 3.63) is 58.4 Å². The number of rotatable bonds is 3. The van der Waals surface area contributed by atoms with Crippen LogP contribution in [0.1, 0.15) is 29.3 Å². The first-order chi connectivity index (χ1) is 15.9. The standard InChI is InChI=1S/C22H19Cl2N7O2/c1-11-20-17-14(12-3-4-16(25)26-8-12)7-15(23)18(24)19(17)29-31(20)6-5-30(11)22(32)21-27-9-13(33-2)10-28-21/h3-4,7-11H,5-6H2,1-2H3,(H2,25,26)/t11-/m0/s1. The van der Waals surface area contributed by atoms with E-state index >= 15 is 0 Å². The summed E-state index contributed by atoms with van der Waals surface area (Å²) < 4.78 is 6.96. The number of hydrogen-bond acceptors (Lipinski definition) is 7. The van der Waals surface area contributed by atoms with Gasteiger partial charge in [-0.15, -0.1) is 0 Å². The maximum Gasteiger partial charge on any atom is 0.292 e. The van der Waals surface area contributed by atoms with Gasteiger partial charge in [-0.3, -0.25) is 9.48 Å². The molecule has 1 aromatic carbocycles. The lowest BCUT2D eigenvalue weighted by molar-refractivity contribution is 0.0626. The number of ether oxygens (including phenoxy) is 1. The third kappa shape index (κ3) is 3.53. The Kier molecular flexibility index (Phi) is 5.30. The normalized spacial score (nSPS) is 15.5. The fraction of sp³-hybridized carbons (Fsp3) is 0.227. The highest BCUT2D eigenvalue weighted by Gasteiger charge is 2.34. The molecule has 0 spiro atoms. The minimum absolute atomic E-state index is 0.101. The number of anilines is 1. The summed E-state index contributed by atoms with van der Waals surface area (Å²) in [7, 11) is 1.52. The van der Waals surface area contributed by atoms with E-state index in [1.807, 2.05) is 17.7 Å². The highest BCUT2D eigenvalue weighted by Crippen LogP contribution is 2.43. The van der Waals surface area contributed by atoms with Gasteiger partial charge >= 0.3 is 0 Å². The first kappa shape index (κ1) is 21.4. The van der Waals surface area contributed by atoms with Gasteiger partial charge in [0, 0.05) is 23.7 Å². The maximum absolute atomic E-state index is 13.3. The summed E-state index contributed by atoms with van der Waals surface area (Å²) in [6, 6.07) is 5.06. The minimum atomic E-state index is -0.320. The van der Waals surface area contributed by atoms with Crippen LogP contribution in [0.4, 0.5) is 5.82 Å². The van der Waals surface area contributed by atoms with Crippen LogP contribution in [0.15, 0.2) is 36.8 Å². The van der Waals surface area contributed by atoms with Crippen molar-refractivity contribution in [2.75, 3.05) is 19.4 Å². The molecule has 0 aliphatic carbocycles. The van der Waals surface area contributed by atoms with Crippen LogP contribution in [0, 0.1) is 0 Å². The lowest BCUT2D eigenvalue weighted by Gasteiger charge is -2.34. The van der Waals surface area contributed by atoms with Crippen LogP contribution in [0.5, 0.6) is 5.75 Å². The number of nitrogen functional groups attached to an aromatic ring is 1. The number of fused-ring (bicyclic) bond motifs is 3.